The third-order valence-electron chi connectivity index (χ3n) is 2.45. The zero-order chi connectivity index (χ0) is 12.9. The van der Waals surface area contributed by atoms with E-state index < -0.39 is 0 Å². The Morgan fingerprint density at radius 1 is 1.47 bits per heavy atom. The first kappa shape index (κ1) is 14.0. The van der Waals surface area contributed by atoms with Crippen molar-refractivity contribution in [3.8, 4) is 5.75 Å². The topological polar surface area (TPSA) is 39.1 Å². The van der Waals surface area contributed by atoms with Crippen molar-refractivity contribution in [1.82, 2.24) is 15.1 Å². The Bertz CT molecular complexity index is 328. The van der Waals surface area contributed by atoms with Crippen LogP contribution in [0.3, 0.4) is 0 Å². The van der Waals surface area contributed by atoms with Crippen molar-refractivity contribution < 1.29 is 4.74 Å². The van der Waals surface area contributed by atoms with E-state index in [1.165, 1.54) is 0 Å². The molecule has 0 amide bonds. The van der Waals surface area contributed by atoms with Gasteiger partial charge in [-0.3, -0.25) is 4.68 Å². The molecular formula is C13H25N3O. The Morgan fingerprint density at radius 2 is 2.18 bits per heavy atom. The lowest BCUT2D eigenvalue weighted by Crippen LogP contribution is -2.42. The number of hydrogen-bond donors (Lipinski definition) is 1. The number of aryl methyl sites for hydroxylation is 1. The highest BCUT2D eigenvalue weighted by Crippen LogP contribution is 2.13. The summed E-state index contributed by atoms with van der Waals surface area (Å²) in [4.78, 5) is 0. The van der Waals surface area contributed by atoms with Gasteiger partial charge in [0.25, 0.3) is 0 Å². The van der Waals surface area contributed by atoms with Gasteiger partial charge < -0.3 is 10.1 Å². The van der Waals surface area contributed by atoms with Gasteiger partial charge in [-0.15, -0.1) is 0 Å². The number of ether oxygens (including phenoxy) is 1. The highest BCUT2D eigenvalue weighted by molar-refractivity contribution is 5.11. The summed E-state index contributed by atoms with van der Waals surface area (Å²) in [5.41, 5.74) is 0.129. The zero-order valence-corrected chi connectivity index (χ0v) is 11.7. The maximum atomic E-state index is 5.93. The molecule has 17 heavy (non-hydrogen) atoms. The largest absolute Gasteiger partial charge is 0.486 e. The number of aromatic nitrogens is 2. The second kappa shape index (κ2) is 6.05. The first-order valence-electron chi connectivity index (χ1n) is 6.31. The van der Waals surface area contributed by atoms with Gasteiger partial charge in [0.2, 0.25) is 0 Å². The van der Waals surface area contributed by atoms with E-state index in [4.69, 9.17) is 4.74 Å². The Labute approximate surface area is 104 Å². The fourth-order valence-electron chi connectivity index (χ4n) is 1.60. The average molecular weight is 239 g/mol. The molecule has 1 unspecified atom stereocenters. The van der Waals surface area contributed by atoms with Crippen molar-refractivity contribution in [2.75, 3.05) is 6.54 Å². The van der Waals surface area contributed by atoms with Gasteiger partial charge in [0.05, 0.1) is 12.4 Å². The molecule has 4 nitrogen and oxygen atoms in total. The molecule has 1 aromatic rings. The van der Waals surface area contributed by atoms with E-state index in [1.54, 1.807) is 10.9 Å². The molecule has 4 heteroatoms. The lowest BCUT2D eigenvalue weighted by Gasteiger charge is -2.25. The lowest BCUT2D eigenvalue weighted by atomic mass is 10.1. The van der Waals surface area contributed by atoms with E-state index in [-0.39, 0.29) is 11.6 Å². The van der Waals surface area contributed by atoms with Crippen LogP contribution in [0.2, 0.25) is 0 Å². The van der Waals surface area contributed by atoms with E-state index in [9.17, 15) is 0 Å². The van der Waals surface area contributed by atoms with Crippen LogP contribution >= 0.6 is 0 Å². The summed E-state index contributed by atoms with van der Waals surface area (Å²) < 4.78 is 7.68. The van der Waals surface area contributed by atoms with Crippen molar-refractivity contribution in [1.29, 1.82) is 0 Å². The summed E-state index contributed by atoms with van der Waals surface area (Å²) in [5.74, 6) is 0.849. The molecule has 1 atom stereocenters. The second-order valence-corrected chi connectivity index (χ2v) is 5.51. The summed E-state index contributed by atoms with van der Waals surface area (Å²) in [6, 6.07) is 0. The molecule has 0 fully saturated rings. The molecule has 0 aromatic carbocycles. The monoisotopic (exact) mass is 239 g/mol. The molecule has 0 saturated heterocycles. The van der Waals surface area contributed by atoms with E-state index >= 15 is 0 Å². The Kier molecular flexibility index (Phi) is 5.00. The van der Waals surface area contributed by atoms with Crippen LogP contribution in [0.25, 0.3) is 0 Å². The standard InChI is InChI=1S/C13H25N3O/c1-6-7-11(8-14-13(2,3)4)17-12-9-15-16(5)10-12/h9-11,14H,6-8H2,1-5H3. The van der Waals surface area contributed by atoms with Crippen molar-refractivity contribution in [2.45, 2.75) is 52.2 Å². The SMILES string of the molecule is CCCC(CNC(C)(C)C)Oc1cnn(C)c1. The van der Waals surface area contributed by atoms with Crippen molar-refractivity contribution in [3.63, 3.8) is 0 Å². The molecule has 0 bridgehead atoms. The second-order valence-electron chi connectivity index (χ2n) is 5.51. The maximum absolute atomic E-state index is 5.93. The van der Waals surface area contributed by atoms with Crippen LogP contribution in [-0.2, 0) is 7.05 Å². The molecule has 0 aliphatic heterocycles. The third-order valence-corrected chi connectivity index (χ3v) is 2.45. The summed E-state index contributed by atoms with van der Waals surface area (Å²) in [5, 5.41) is 7.59. The summed E-state index contributed by atoms with van der Waals surface area (Å²) >= 11 is 0. The maximum Gasteiger partial charge on any atom is 0.157 e. The first-order valence-corrected chi connectivity index (χ1v) is 6.31. The van der Waals surface area contributed by atoms with Crippen LogP contribution < -0.4 is 10.1 Å². The smallest absolute Gasteiger partial charge is 0.157 e. The van der Waals surface area contributed by atoms with Gasteiger partial charge in [-0.2, -0.15) is 5.10 Å². The van der Waals surface area contributed by atoms with E-state index in [0.717, 1.165) is 25.1 Å². The summed E-state index contributed by atoms with van der Waals surface area (Å²) in [7, 11) is 1.90. The minimum Gasteiger partial charge on any atom is -0.486 e. The van der Waals surface area contributed by atoms with Crippen LogP contribution in [0, 0.1) is 0 Å². The predicted molar refractivity (Wildman–Crippen MR) is 70.3 cm³/mol. The number of hydrogen-bond acceptors (Lipinski definition) is 3. The van der Waals surface area contributed by atoms with Gasteiger partial charge in [-0.25, -0.2) is 0 Å². The predicted octanol–water partition coefficient (Wildman–Crippen LogP) is 2.36. The quantitative estimate of drug-likeness (QED) is 0.828. The van der Waals surface area contributed by atoms with Crippen LogP contribution in [-0.4, -0.2) is 28.0 Å². The van der Waals surface area contributed by atoms with Crippen LogP contribution in [0.5, 0.6) is 5.75 Å². The van der Waals surface area contributed by atoms with Gasteiger partial charge >= 0.3 is 0 Å². The number of rotatable bonds is 6. The average Bonchev–Trinajstić information content (AvgIpc) is 2.60. The van der Waals surface area contributed by atoms with Crippen molar-refractivity contribution in [2.24, 2.45) is 7.05 Å². The van der Waals surface area contributed by atoms with Crippen LogP contribution in [0.4, 0.5) is 0 Å². The molecule has 0 aliphatic rings. The Morgan fingerprint density at radius 3 is 2.65 bits per heavy atom. The number of nitrogens with zero attached hydrogens (tertiary/aromatic N) is 2. The molecule has 0 spiro atoms. The fraction of sp³-hybridized carbons (Fsp3) is 0.769. The molecule has 1 rings (SSSR count). The molecule has 0 saturated carbocycles. The number of nitrogens with one attached hydrogen (secondary N) is 1. The lowest BCUT2D eigenvalue weighted by molar-refractivity contribution is 0.175. The fourth-order valence-corrected chi connectivity index (χ4v) is 1.60. The van der Waals surface area contributed by atoms with Gasteiger partial charge in [-0.05, 0) is 27.2 Å². The van der Waals surface area contributed by atoms with E-state index in [1.807, 2.05) is 13.2 Å². The molecule has 98 valence electrons. The van der Waals surface area contributed by atoms with Crippen LogP contribution in [0.15, 0.2) is 12.4 Å². The third kappa shape index (κ3) is 5.73. The Balaban J connectivity index is 2.48. The van der Waals surface area contributed by atoms with Gasteiger partial charge in [0.15, 0.2) is 5.75 Å². The van der Waals surface area contributed by atoms with Gasteiger partial charge in [0.1, 0.15) is 6.10 Å². The van der Waals surface area contributed by atoms with E-state index in [2.05, 4.69) is 38.1 Å². The van der Waals surface area contributed by atoms with Gasteiger partial charge in [0, 0.05) is 19.1 Å². The molecule has 1 aromatic heterocycles. The molecule has 1 heterocycles. The zero-order valence-electron chi connectivity index (χ0n) is 11.7. The molecule has 0 radical (unpaired) electrons. The normalized spacial score (nSPS) is 13.7. The molecule has 1 N–H and O–H groups in total. The highest BCUT2D eigenvalue weighted by atomic mass is 16.5. The molecular weight excluding hydrogens is 214 g/mol. The Hall–Kier alpha value is -1.03. The van der Waals surface area contributed by atoms with Crippen molar-refractivity contribution >= 4 is 0 Å². The van der Waals surface area contributed by atoms with Crippen LogP contribution in [0.1, 0.15) is 40.5 Å². The first-order chi connectivity index (χ1) is 7.90. The summed E-state index contributed by atoms with van der Waals surface area (Å²) in [6.45, 7) is 9.54. The molecule has 0 aliphatic carbocycles. The van der Waals surface area contributed by atoms with E-state index in [0.29, 0.717) is 0 Å². The van der Waals surface area contributed by atoms with Gasteiger partial charge in [-0.1, -0.05) is 13.3 Å². The minimum absolute atomic E-state index is 0.129. The highest BCUT2D eigenvalue weighted by Gasteiger charge is 2.15. The van der Waals surface area contributed by atoms with Crippen molar-refractivity contribution in [3.05, 3.63) is 12.4 Å². The summed E-state index contributed by atoms with van der Waals surface area (Å²) in [6.07, 6.45) is 6.05. The minimum atomic E-state index is 0.129.